The number of aliphatic hydroxyl groups excluding tert-OH is 1. The molecule has 1 aliphatic rings. The van der Waals surface area contributed by atoms with Crippen molar-refractivity contribution in [2.45, 2.75) is 13.5 Å². The number of nitrogens with zero attached hydrogens (tertiary/aromatic N) is 5. The Morgan fingerprint density at radius 1 is 1.09 bits per heavy atom. The fraction of sp³-hybridized carbons (Fsp3) is 0.222. The third-order valence-electron chi connectivity index (χ3n) is 6.32. The van der Waals surface area contributed by atoms with Crippen molar-refractivity contribution in [1.82, 2.24) is 19.9 Å². The molecule has 7 heteroatoms. The van der Waals surface area contributed by atoms with Crippen LogP contribution < -0.4 is 10.2 Å². The van der Waals surface area contributed by atoms with Crippen molar-refractivity contribution in [1.29, 1.82) is 0 Å². The average Bonchev–Trinajstić information content (AvgIpc) is 3.33. The second-order valence-electron chi connectivity index (χ2n) is 8.32. The maximum Gasteiger partial charge on any atom is 0.162 e. The van der Waals surface area contributed by atoms with Crippen LogP contribution in [0.5, 0.6) is 0 Å². The fourth-order valence-electron chi connectivity index (χ4n) is 4.49. The number of hydrogen-bond donors (Lipinski definition) is 2. The predicted octanol–water partition coefficient (Wildman–Crippen LogP) is 4.08. The Bertz CT molecular complexity index is 1350. The van der Waals surface area contributed by atoms with Crippen LogP contribution in [0, 0.1) is 0 Å². The topological polar surface area (TPSA) is 78.0 Å². The lowest BCUT2D eigenvalue weighted by molar-refractivity contribution is 0.282. The van der Waals surface area contributed by atoms with E-state index in [0.717, 1.165) is 70.9 Å². The minimum Gasteiger partial charge on any atom is -0.392 e. The summed E-state index contributed by atoms with van der Waals surface area (Å²) in [5, 5.41) is 17.5. The predicted molar refractivity (Wildman–Crippen MR) is 138 cm³/mol. The maximum atomic E-state index is 9.47. The summed E-state index contributed by atoms with van der Waals surface area (Å²) in [6.07, 6.45) is 7.78. The molecule has 1 saturated heterocycles. The first-order valence-electron chi connectivity index (χ1n) is 11.5. The Morgan fingerprint density at radius 3 is 2.59 bits per heavy atom. The molecule has 1 fully saturated rings. The Morgan fingerprint density at radius 2 is 1.88 bits per heavy atom. The SMILES string of the molecule is C=Nc1cc(CO)ccc1/C(=C\C)c1cnn2cc(-c3ccc(N4CCNCC4)cc3)cnc12. The molecule has 0 spiro atoms. The molecule has 34 heavy (non-hydrogen) atoms. The largest absolute Gasteiger partial charge is 0.392 e. The summed E-state index contributed by atoms with van der Waals surface area (Å²) in [6.45, 7) is 9.76. The molecule has 0 atom stereocenters. The van der Waals surface area contributed by atoms with Gasteiger partial charge >= 0.3 is 0 Å². The highest BCUT2D eigenvalue weighted by atomic mass is 16.3. The fourth-order valence-corrected chi connectivity index (χ4v) is 4.49. The molecular formula is C27H28N6O. The number of hydrogen-bond acceptors (Lipinski definition) is 6. The lowest BCUT2D eigenvalue weighted by Gasteiger charge is -2.29. The van der Waals surface area contributed by atoms with Crippen LogP contribution in [0.4, 0.5) is 11.4 Å². The molecule has 2 aromatic heterocycles. The number of benzene rings is 2. The number of aromatic nitrogens is 3. The van der Waals surface area contributed by atoms with Gasteiger partial charge in [-0.2, -0.15) is 5.10 Å². The first-order valence-corrected chi connectivity index (χ1v) is 11.5. The Hall–Kier alpha value is -3.81. The van der Waals surface area contributed by atoms with Crippen LogP contribution in [-0.4, -0.2) is 52.6 Å². The quantitative estimate of drug-likeness (QED) is 0.431. The third kappa shape index (κ3) is 4.11. The van der Waals surface area contributed by atoms with Crippen LogP contribution in [0.25, 0.3) is 22.3 Å². The Balaban J connectivity index is 1.46. The summed E-state index contributed by atoms with van der Waals surface area (Å²) in [7, 11) is 0. The monoisotopic (exact) mass is 452 g/mol. The van der Waals surface area contributed by atoms with Crippen LogP contribution in [0.2, 0.25) is 0 Å². The normalized spacial score (nSPS) is 14.5. The zero-order valence-electron chi connectivity index (χ0n) is 19.3. The van der Waals surface area contributed by atoms with E-state index in [2.05, 4.69) is 51.3 Å². The van der Waals surface area contributed by atoms with Crippen LogP contribution in [-0.2, 0) is 6.61 Å². The molecule has 0 amide bonds. The number of aliphatic hydroxyl groups is 1. The summed E-state index contributed by atoms with van der Waals surface area (Å²) in [4.78, 5) is 11.3. The second kappa shape index (κ2) is 9.59. The van der Waals surface area contributed by atoms with Gasteiger partial charge in [0.25, 0.3) is 0 Å². The van der Waals surface area contributed by atoms with E-state index in [1.54, 1.807) is 0 Å². The van der Waals surface area contributed by atoms with Crippen LogP contribution in [0.1, 0.15) is 23.6 Å². The van der Waals surface area contributed by atoms with Crippen molar-refractivity contribution >= 4 is 29.3 Å². The number of anilines is 1. The van der Waals surface area contributed by atoms with Gasteiger partial charge in [-0.15, -0.1) is 0 Å². The molecule has 172 valence electrons. The highest BCUT2D eigenvalue weighted by Crippen LogP contribution is 2.34. The molecular weight excluding hydrogens is 424 g/mol. The van der Waals surface area contributed by atoms with Crippen molar-refractivity contribution < 1.29 is 5.11 Å². The van der Waals surface area contributed by atoms with E-state index in [1.807, 2.05) is 54.3 Å². The summed E-state index contributed by atoms with van der Waals surface area (Å²) < 4.78 is 1.82. The number of allylic oxidation sites excluding steroid dienone is 1. The van der Waals surface area contributed by atoms with Gasteiger partial charge < -0.3 is 15.3 Å². The molecule has 4 aromatic rings. The molecule has 2 N–H and O–H groups in total. The zero-order valence-corrected chi connectivity index (χ0v) is 19.3. The first kappa shape index (κ1) is 22.0. The van der Waals surface area contributed by atoms with E-state index in [1.165, 1.54) is 5.69 Å². The molecule has 3 heterocycles. The van der Waals surface area contributed by atoms with Gasteiger partial charge in [-0.25, -0.2) is 9.50 Å². The van der Waals surface area contributed by atoms with E-state index >= 15 is 0 Å². The van der Waals surface area contributed by atoms with Gasteiger partial charge in [0.15, 0.2) is 5.65 Å². The van der Waals surface area contributed by atoms with Crippen molar-refractivity contribution in [2.24, 2.45) is 4.99 Å². The molecule has 0 unspecified atom stereocenters. The van der Waals surface area contributed by atoms with E-state index < -0.39 is 0 Å². The summed E-state index contributed by atoms with van der Waals surface area (Å²) in [6, 6.07) is 14.4. The maximum absolute atomic E-state index is 9.47. The summed E-state index contributed by atoms with van der Waals surface area (Å²) >= 11 is 0. The lowest BCUT2D eigenvalue weighted by Crippen LogP contribution is -2.43. The van der Waals surface area contributed by atoms with Gasteiger partial charge in [0, 0.05) is 61.0 Å². The number of piperazine rings is 1. The van der Waals surface area contributed by atoms with E-state index in [4.69, 9.17) is 4.98 Å². The van der Waals surface area contributed by atoms with Crippen molar-refractivity contribution in [3.05, 3.63) is 83.8 Å². The minimum absolute atomic E-state index is 0.0365. The van der Waals surface area contributed by atoms with E-state index in [9.17, 15) is 5.11 Å². The molecule has 1 aliphatic heterocycles. The highest BCUT2D eigenvalue weighted by Gasteiger charge is 2.16. The second-order valence-corrected chi connectivity index (χ2v) is 8.32. The van der Waals surface area contributed by atoms with Crippen LogP contribution in [0.3, 0.4) is 0 Å². The molecule has 0 radical (unpaired) electrons. The smallest absolute Gasteiger partial charge is 0.162 e. The van der Waals surface area contributed by atoms with Crippen molar-refractivity contribution in [3.63, 3.8) is 0 Å². The Kier molecular flexibility index (Phi) is 6.20. The average molecular weight is 453 g/mol. The van der Waals surface area contributed by atoms with Crippen LogP contribution in [0.15, 0.2) is 72.1 Å². The van der Waals surface area contributed by atoms with Gasteiger partial charge in [-0.1, -0.05) is 30.3 Å². The minimum atomic E-state index is -0.0365. The third-order valence-corrected chi connectivity index (χ3v) is 6.32. The lowest BCUT2D eigenvalue weighted by atomic mass is 9.97. The van der Waals surface area contributed by atoms with Gasteiger partial charge in [-0.05, 0) is 48.5 Å². The first-order chi connectivity index (χ1) is 16.7. The standard InChI is InChI=1S/C27H28N6O/c1-3-23(24-9-4-19(18-34)14-26(24)28-2)25-16-31-33-17-21(15-30-27(25)33)20-5-7-22(8-6-20)32-12-10-29-11-13-32/h3-9,14-17,29,34H,2,10-13,18H2,1H3/b23-3+. The van der Waals surface area contributed by atoms with Gasteiger partial charge in [0.05, 0.1) is 18.5 Å². The Labute approximate surface area is 199 Å². The highest BCUT2D eigenvalue weighted by molar-refractivity contribution is 5.90. The molecule has 7 nitrogen and oxygen atoms in total. The molecule has 0 bridgehead atoms. The number of rotatable bonds is 6. The molecule has 5 rings (SSSR count). The summed E-state index contributed by atoms with van der Waals surface area (Å²) in [5.74, 6) is 0. The van der Waals surface area contributed by atoms with E-state index in [0.29, 0.717) is 0 Å². The number of fused-ring (bicyclic) bond motifs is 1. The zero-order chi connectivity index (χ0) is 23.5. The number of aliphatic imine (C=N–C) groups is 1. The summed E-state index contributed by atoms with van der Waals surface area (Å²) in [5.41, 5.74) is 8.48. The van der Waals surface area contributed by atoms with Gasteiger partial charge in [-0.3, -0.25) is 4.99 Å². The van der Waals surface area contributed by atoms with Gasteiger partial charge in [0.1, 0.15) is 0 Å². The molecule has 0 aliphatic carbocycles. The molecule has 2 aromatic carbocycles. The van der Waals surface area contributed by atoms with Crippen LogP contribution >= 0.6 is 0 Å². The van der Waals surface area contributed by atoms with E-state index in [-0.39, 0.29) is 6.61 Å². The van der Waals surface area contributed by atoms with Crippen molar-refractivity contribution in [3.8, 4) is 11.1 Å². The number of nitrogens with one attached hydrogen (secondary N) is 1. The molecule has 0 saturated carbocycles. The van der Waals surface area contributed by atoms with Crippen molar-refractivity contribution in [2.75, 3.05) is 31.1 Å². The van der Waals surface area contributed by atoms with Gasteiger partial charge in [0.2, 0.25) is 0 Å².